The van der Waals surface area contributed by atoms with Crippen molar-refractivity contribution in [2.75, 3.05) is 5.32 Å². The summed E-state index contributed by atoms with van der Waals surface area (Å²) in [5, 5.41) is 11.2. The standard InChI is InChI=1S/C29H20FN3O2/c30-23-14-12-19(13-15-23)28(34)32-24-9-5-8-22(17-24)29(35)33-31-18-27-25-10-3-1-6-20(25)16-21-7-2-4-11-26(21)27/h1-18H,(H,32,34)(H,33,35)/b31-18+. The van der Waals surface area contributed by atoms with Gasteiger partial charge >= 0.3 is 0 Å². The van der Waals surface area contributed by atoms with Gasteiger partial charge < -0.3 is 5.32 Å². The molecule has 2 amide bonds. The van der Waals surface area contributed by atoms with Crippen LogP contribution in [0.1, 0.15) is 26.3 Å². The first-order chi connectivity index (χ1) is 17.1. The minimum absolute atomic E-state index is 0.313. The second-order valence-electron chi connectivity index (χ2n) is 7.97. The van der Waals surface area contributed by atoms with Gasteiger partial charge in [-0.15, -0.1) is 0 Å². The van der Waals surface area contributed by atoms with Crippen molar-refractivity contribution < 1.29 is 14.0 Å². The van der Waals surface area contributed by atoms with Crippen molar-refractivity contribution in [3.05, 3.63) is 126 Å². The van der Waals surface area contributed by atoms with E-state index in [1.165, 1.54) is 24.3 Å². The smallest absolute Gasteiger partial charge is 0.271 e. The highest BCUT2D eigenvalue weighted by Crippen LogP contribution is 2.27. The Morgan fingerprint density at radius 3 is 2.03 bits per heavy atom. The molecule has 5 aromatic rings. The molecule has 2 N–H and O–H groups in total. The van der Waals surface area contributed by atoms with Crippen LogP contribution in [0.25, 0.3) is 21.5 Å². The van der Waals surface area contributed by atoms with Crippen molar-refractivity contribution in [2.45, 2.75) is 0 Å². The average molecular weight is 461 g/mol. The third-order valence-corrected chi connectivity index (χ3v) is 5.66. The van der Waals surface area contributed by atoms with Crippen molar-refractivity contribution in [1.82, 2.24) is 5.43 Å². The molecule has 0 aromatic heterocycles. The molecule has 0 bridgehead atoms. The molecule has 0 aliphatic heterocycles. The quantitative estimate of drug-likeness (QED) is 0.187. The summed E-state index contributed by atoms with van der Waals surface area (Å²) in [4.78, 5) is 25.1. The Morgan fingerprint density at radius 2 is 1.34 bits per heavy atom. The monoisotopic (exact) mass is 461 g/mol. The number of fused-ring (bicyclic) bond motifs is 2. The number of hydrazone groups is 1. The number of rotatable bonds is 5. The minimum Gasteiger partial charge on any atom is -0.322 e. The Labute approximate surface area is 200 Å². The van der Waals surface area contributed by atoms with Gasteiger partial charge in [0.25, 0.3) is 11.8 Å². The van der Waals surface area contributed by atoms with E-state index in [9.17, 15) is 14.0 Å². The number of amides is 2. The highest BCUT2D eigenvalue weighted by Gasteiger charge is 2.10. The SMILES string of the molecule is O=C(N/N=C/c1c2ccccc2cc2ccccc12)c1cccc(NC(=O)c2ccc(F)cc2)c1. The molecule has 6 heteroatoms. The molecule has 0 fully saturated rings. The topological polar surface area (TPSA) is 70.6 Å². The number of hydrogen-bond acceptors (Lipinski definition) is 3. The predicted octanol–water partition coefficient (Wildman–Crippen LogP) is 6.15. The first-order valence-corrected chi connectivity index (χ1v) is 11.0. The fourth-order valence-electron chi connectivity index (χ4n) is 3.95. The van der Waals surface area contributed by atoms with E-state index in [0.29, 0.717) is 16.8 Å². The van der Waals surface area contributed by atoms with E-state index in [2.05, 4.69) is 21.9 Å². The Bertz CT molecular complexity index is 1540. The molecule has 170 valence electrons. The second-order valence-corrected chi connectivity index (χ2v) is 7.97. The van der Waals surface area contributed by atoms with Gasteiger partial charge in [-0.3, -0.25) is 9.59 Å². The van der Waals surface area contributed by atoms with E-state index in [1.807, 2.05) is 48.5 Å². The number of halogens is 1. The van der Waals surface area contributed by atoms with E-state index < -0.39 is 17.6 Å². The average Bonchev–Trinajstić information content (AvgIpc) is 2.88. The molecule has 0 spiro atoms. The van der Waals surface area contributed by atoms with Gasteiger partial charge in [0.05, 0.1) is 6.21 Å². The molecule has 0 atom stereocenters. The summed E-state index contributed by atoms with van der Waals surface area (Å²) in [6.45, 7) is 0. The van der Waals surface area contributed by atoms with Gasteiger partial charge in [-0.2, -0.15) is 5.10 Å². The highest BCUT2D eigenvalue weighted by atomic mass is 19.1. The van der Waals surface area contributed by atoms with Crippen LogP contribution < -0.4 is 10.7 Å². The molecular weight excluding hydrogens is 441 g/mol. The van der Waals surface area contributed by atoms with Gasteiger partial charge in [0, 0.05) is 22.4 Å². The van der Waals surface area contributed by atoms with Crippen LogP contribution in [0.4, 0.5) is 10.1 Å². The van der Waals surface area contributed by atoms with Gasteiger partial charge in [0.15, 0.2) is 0 Å². The number of carbonyl (C=O) groups excluding carboxylic acids is 2. The summed E-state index contributed by atoms with van der Waals surface area (Å²) in [7, 11) is 0. The molecule has 0 saturated heterocycles. The molecular formula is C29H20FN3O2. The number of nitrogens with one attached hydrogen (secondary N) is 2. The van der Waals surface area contributed by atoms with Crippen LogP contribution in [0, 0.1) is 5.82 Å². The summed E-state index contributed by atoms with van der Waals surface area (Å²) >= 11 is 0. The van der Waals surface area contributed by atoms with Gasteiger partial charge in [-0.05, 0) is 70.1 Å². The van der Waals surface area contributed by atoms with Crippen LogP contribution in [-0.2, 0) is 0 Å². The third kappa shape index (κ3) is 4.77. The highest BCUT2D eigenvalue weighted by molar-refractivity contribution is 6.13. The van der Waals surface area contributed by atoms with Gasteiger partial charge in [-0.25, -0.2) is 9.82 Å². The van der Waals surface area contributed by atoms with Crippen molar-refractivity contribution in [3.8, 4) is 0 Å². The normalized spacial score (nSPS) is 11.1. The molecule has 0 aliphatic carbocycles. The lowest BCUT2D eigenvalue weighted by atomic mass is 9.97. The summed E-state index contributed by atoms with van der Waals surface area (Å²) in [6.07, 6.45) is 1.66. The molecule has 0 unspecified atom stereocenters. The van der Waals surface area contributed by atoms with Crippen molar-refractivity contribution in [3.63, 3.8) is 0 Å². The van der Waals surface area contributed by atoms with Crippen LogP contribution in [0.3, 0.4) is 0 Å². The zero-order valence-corrected chi connectivity index (χ0v) is 18.5. The minimum atomic E-state index is -0.419. The summed E-state index contributed by atoms with van der Waals surface area (Å²) in [6, 6.07) is 29.9. The van der Waals surface area contributed by atoms with Crippen LogP contribution >= 0.6 is 0 Å². The maximum atomic E-state index is 13.1. The maximum Gasteiger partial charge on any atom is 0.271 e. The van der Waals surface area contributed by atoms with Crippen LogP contribution in [0.5, 0.6) is 0 Å². The van der Waals surface area contributed by atoms with Gasteiger partial charge in [-0.1, -0.05) is 54.6 Å². The van der Waals surface area contributed by atoms with Crippen LogP contribution in [0.15, 0.2) is 108 Å². The zero-order valence-electron chi connectivity index (χ0n) is 18.5. The molecule has 0 radical (unpaired) electrons. The number of carbonyl (C=O) groups is 2. The van der Waals surface area contributed by atoms with E-state index in [-0.39, 0.29) is 0 Å². The number of nitrogens with zero attached hydrogens (tertiary/aromatic N) is 1. The van der Waals surface area contributed by atoms with Crippen molar-refractivity contribution in [1.29, 1.82) is 0 Å². The number of hydrogen-bond donors (Lipinski definition) is 2. The summed E-state index contributed by atoms with van der Waals surface area (Å²) < 4.78 is 13.1. The second kappa shape index (κ2) is 9.57. The lowest BCUT2D eigenvalue weighted by Crippen LogP contribution is -2.18. The van der Waals surface area contributed by atoms with Gasteiger partial charge in [0.1, 0.15) is 5.82 Å². The predicted molar refractivity (Wildman–Crippen MR) is 137 cm³/mol. The molecule has 0 aliphatic rings. The van der Waals surface area contributed by atoms with Crippen molar-refractivity contribution in [2.24, 2.45) is 5.10 Å². The van der Waals surface area contributed by atoms with E-state index in [0.717, 1.165) is 27.1 Å². The van der Waals surface area contributed by atoms with E-state index in [1.54, 1.807) is 30.5 Å². The van der Waals surface area contributed by atoms with E-state index in [4.69, 9.17) is 0 Å². The molecule has 0 heterocycles. The van der Waals surface area contributed by atoms with Gasteiger partial charge in [0.2, 0.25) is 0 Å². The largest absolute Gasteiger partial charge is 0.322 e. The Kier molecular flexibility index (Phi) is 6.01. The molecule has 5 aromatic carbocycles. The molecule has 5 rings (SSSR count). The third-order valence-electron chi connectivity index (χ3n) is 5.66. The lowest BCUT2D eigenvalue weighted by molar-refractivity contribution is 0.0953. The molecule has 0 saturated carbocycles. The lowest BCUT2D eigenvalue weighted by Gasteiger charge is -2.08. The first kappa shape index (κ1) is 22.0. The Hall–Kier alpha value is -4.84. The Morgan fingerprint density at radius 1 is 0.686 bits per heavy atom. The van der Waals surface area contributed by atoms with Crippen molar-refractivity contribution >= 4 is 45.3 Å². The maximum absolute atomic E-state index is 13.1. The fraction of sp³-hybridized carbons (Fsp3) is 0. The number of anilines is 1. The first-order valence-electron chi connectivity index (χ1n) is 11.0. The fourth-order valence-corrected chi connectivity index (χ4v) is 3.95. The zero-order chi connectivity index (χ0) is 24.2. The van der Waals surface area contributed by atoms with E-state index >= 15 is 0 Å². The number of benzene rings is 5. The summed E-state index contributed by atoms with van der Waals surface area (Å²) in [5.74, 6) is -1.23. The molecule has 35 heavy (non-hydrogen) atoms. The summed E-state index contributed by atoms with van der Waals surface area (Å²) in [5.41, 5.74) is 4.58. The molecule has 5 nitrogen and oxygen atoms in total. The van der Waals surface area contributed by atoms with Crippen LogP contribution in [-0.4, -0.2) is 18.0 Å². The Balaban J connectivity index is 1.34. The van der Waals surface area contributed by atoms with Crippen LogP contribution in [0.2, 0.25) is 0 Å².